The zero-order valence-corrected chi connectivity index (χ0v) is 18.2. The molecule has 0 aliphatic carbocycles. The van der Waals surface area contributed by atoms with Crippen molar-refractivity contribution in [3.8, 4) is 5.75 Å². The van der Waals surface area contributed by atoms with E-state index in [1.54, 1.807) is 0 Å². The topological polar surface area (TPSA) is 42.0 Å². The summed E-state index contributed by atoms with van der Waals surface area (Å²) < 4.78 is 11.4. The number of carbonyl (C=O) groups is 1. The highest BCUT2D eigenvalue weighted by Crippen LogP contribution is 2.26. The standard InChI is InChI=1S/C24H36N2O3/c1-4-25-13-10-21(11-14-25)22-6-5-7-23(18-22)28-17-12-20-8-15-26(16-9-20)24(27)29-19(2)3/h5-7,10,18-20H,4,8-9,11-17H2,1-3H3. The molecule has 1 amide bonds. The Hall–Kier alpha value is -2.01. The maximum atomic E-state index is 12.0. The Balaban J connectivity index is 1.41. The molecule has 2 aliphatic heterocycles. The van der Waals surface area contributed by atoms with Crippen molar-refractivity contribution in [1.82, 2.24) is 9.80 Å². The van der Waals surface area contributed by atoms with E-state index in [1.165, 1.54) is 11.1 Å². The van der Waals surface area contributed by atoms with Crippen LogP contribution < -0.4 is 4.74 Å². The van der Waals surface area contributed by atoms with Gasteiger partial charge in [-0.3, -0.25) is 4.90 Å². The fourth-order valence-corrected chi connectivity index (χ4v) is 4.07. The van der Waals surface area contributed by atoms with Gasteiger partial charge in [0.25, 0.3) is 0 Å². The van der Waals surface area contributed by atoms with Gasteiger partial charge in [0, 0.05) is 26.2 Å². The summed E-state index contributed by atoms with van der Waals surface area (Å²) in [6.07, 6.45) is 6.31. The predicted octanol–water partition coefficient (Wildman–Crippen LogP) is 4.82. The first-order chi connectivity index (χ1) is 14.0. The van der Waals surface area contributed by atoms with E-state index in [0.717, 1.165) is 70.8 Å². The van der Waals surface area contributed by atoms with Crippen molar-refractivity contribution in [1.29, 1.82) is 0 Å². The first-order valence-electron chi connectivity index (χ1n) is 11.1. The maximum absolute atomic E-state index is 12.0. The molecule has 1 aromatic rings. The molecule has 0 unspecified atom stereocenters. The number of carbonyl (C=O) groups excluding carboxylic acids is 1. The second kappa shape index (κ2) is 10.7. The van der Waals surface area contributed by atoms with E-state index in [4.69, 9.17) is 9.47 Å². The molecule has 5 heteroatoms. The van der Waals surface area contributed by atoms with E-state index in [9.17, 15) is 4.79 Å². The second-order valence-corrected chi connectivity index (χ2v) is 8.40. The summed E-state index contributed by atoms with van der Waals surface area (Å²) >= 11 is 0. The lowest BCUT2D eigenvalue weighted by atomic mass is 9.94. The minimum Gasteiger partial charge on any atom is -0.494 e. The zero-order chi connectivity index (χ0) is 20.6. The second-order valence-electron chi connectivity index (χ2n) is 8.40. The SMILES string of the molecule is CCN1CC=C(c2cccc(OCCC3CCN(C(=O)OC(C)C)CC3)c2)CC1. The van der Waals surface area contributed by atoms with Crippen molar-refractivity contribution in [3.05, 3.63) is 35.9 Å². The van der Waals surface area contributed by atoms with Crippen molar-refractivity contribution in [2.75, 3.05) is 39.3 Å². The molecular formula is C24H36N2O3. The zero-order valence-electron chi connectivity index (χ0n) is 18.2. The van der Waals surface area contributed by atoms with Gasteiger partial charge in [-0.25, -0.2) is 4.79 Å². The average Bonchev–Trinajstić information content (AvgIpc) is 2.74. The van der Waals surface area contributed by atoms with Crippen molar-refractivity contribution < 1.29 is 14.3 Å². The van der Waals surface area contributed by atoms with E-state index in [-0.39, 0.29) is 12.2 Å². The monoisotopic (exact) mass is 400 g/mol. The largest absolute Gasteiger partial charge is 0.494 e. The molecule has 0 atom stereocenters. The molecule has 0 bridgehead atoms. The summed E-state index contributed by atoms with van der Waals surface area (Å²) in [7, 11) is 0. The van der Waals surface area contributed by atoms with E-state index >= 15 is 0 Å². The lowest BCUT2D eigenvalue weighted by molar-refractivity contribution is 0.0637. The normalized spacial score (nSPS) is 18.6. The molecule has 5 nitrogen and oxygen atoms in total. The predicted molar refractivity (Wildman–Crippen MR) is 117 cm³/mol. The smallest absolute Gasteiger partial charge is 0.410 e. The summed E-state index contributed by atoms with van der Waals surface area (Å²) in [5.74, 6) is 1.57. The molecule has 29 heavy (non-hydrogen) atoms. The van der Waals surface area contributed by atoms with Gasteiger partial charge in [-0.1, -0.05) is 25.1 Å². The van der Waals surface area contributed by atoms with Gasteiger partial charge < -0.3 is 14.4 Å². The first kappa shape index (κ1) is 21.7. The molecule has 1 saturated heterocycles. The van der Waals surface area contributed by atoms with Crippen LogP contribution in [0.3, 0.4) is 0 Å². The van der Waals surface area contributed by atoms with Gasteiger partial charge in [0.1, 0.15) is 5.75 Å². The Labute approximate surface area is 175 Å². The molecular weight excluding hydrogens is 364 g/mol. The minimum absolute atomic E-state index is 0.0562. The van der Waals surface area contributed by atoms with Crippen LogP contribution in [0.5, 0.6) is 5.75 Å². The third-order valence-electron chi connectivity index (χ3n) is 5.95. The highest BCUT2D eigenvalue weighted by atomic mass is 16.6. The fraction of sp³-hybridized carbons (Fsp3) is 0.625. The highest BCUT2D eigenvalue weighted by Gasteiger charge is 2.24. The summed E-state index contributed by atoms with van der Waals surface area (Å²) in [5, 5.41) is 0. The third-order valence-corrected chi connectivity index (χ3v) is 5.95. The lowest BCUT2D eigenvalue weighted by Crippen LogP contribution is -2.39. The number of benzene rings is 1. The Kier molecular flexibility index (Phi) is 7.99. The first-order valence-corrected chi connectivity index (χ1v) is 11.1. The number of likely N-dealkylation sites (N-methyl/N-ethyl adjacent to an activating group) is 1. The van der Waals surface area contributed by atoms with Gasteiger partial charge in [-0.05, 0) is 75.3 Å². The van der Waals surface area contributed by atoms with Crippen LogP contribution in [-0.2, 0) is 4.74 Å². The quantitative estimate of drug-likeness (QED) is 0.658. The van der Waals surface area contributed by atoms with Crippen LogP contribution in [0.1, 0.15) is 52.0 Å². The van der Waals surface area contributed by atoms with Gasteiger partial charge in [0.2, 0.25) is 0 Å². The van der Waals surface area contributed by atoms with Crippen LogP contribution in [0.2, 0.25) is 0 Å². The Morgan fingerprint density at radius 2 is 2.00 bits per heavy atom. The number of likely N-dealkylation sites (tertiary alicyclic amines) is 1. The summed E-state index contributed by atoms with van der Waals surface area (Å²) in [6.45, 7) is 11.6. The number of hydrogen-bond acceptors (Lipinski definition) is 4. The van der Waals surface area contributed by atoms with Gasteiger partial charge in [-0.15, -0.1) is 0 Å². The Morgan fingerprint density at radius 1 is 1.21 bits per heavy atom. The number of amides is 1. The number of hydrogen-bond donors (Lipinski definition) is 0. The maximum Gasteiger partial charge on any atom is 0.410 e. The molecule has 3 rings (SSSR count). The molecule has 1 fully saturated rings. The van der Waals surface area contributed by atoms with Crippen LogP contribution in [0.4, 0.5) is 4.79 Å². The van der Waals surface area contributed by atoms with Crippen LogP contribution in [0.15, 0.2) is 30.3 Å². The summed E-state index contributed by atoms with van der Waals surface area (Å²) in [6, 6.07) is 8.51. The van der Waals surface area contributed by atoms with Crippen LogP contribution >= 0.6 is 0 Å². The summed E-state index contributed by atoms with van der Waals surface area (Å²) in [4.78, 5) is 16.3. The number of rotatable bonds is 7. The molecule has 0 spiro atoms. The molecule has 0 N–H and O–H groups in total. The van der Waals surface area contributed by atoms with E-state index in [2.05, 4.69) is 42.2 Å². The van der Waals surface area contributed by atoms with Crippen molar-refractivity contribution in [2.45, 2.75) is 52.6 Å². The van der Waals surface area contributed by atoms with Crippen molar-refractivity contribution in [2.24, 2.45) is 5.92 Å². The van der Waals surface area contributed by atoms with Crippen LogP contribution in [0, 0.1) is 5.92 Å². The highest BCUT2D eigenvalue weighted by molar-refractivity contribution is 5.68. The van der Waals surface area contributed by atoms with Gasteiger partial charge in [0.15, 0.2) is 0 Å². The van der Waals surface area contributed by atoms with E-state index in [1.807, 2.05) is 18.7 Å². The van der Waals surface area contributed by atoms with Crippen molar-refractivity contribution in [3.63, 3.8) is 0 Å². The molecule has 1 aromatic carbocycles. The summed E-state index contributed by atoms with van der Waals surface area (Å²) in [5.41, 5.74) is 2.72. The fourth-order valence-electron chi connectivity index (χ4n) is 4.07. The Morgan fingerprint density at radius 3 is 2.66 bits per heavy atom. The van der Waals surface area contributed by atoms with Crippen LogP contribution in [0.25, 0.3) is 5.57 Å². The number of ether oxygens (including phenoxy) is 2. The van der Waals surface area contributed by atoms with Crippen LogP contribution in [-0.4, -0.2) is 61.3 Å². The van der Waals surface area contributed by atoms with E-state index < -0.39 is 0 Å². The Bertz CT molecular complexity index is 693. The lowest BCUT2D eigenvalue weighted by Gasteiger charge is -2.31. The molecule has 160 valence electrons. The third kappa shape index (κ3) is 6.49. The molecule has 2 heterocycles. The molecule has 0 aromatic heterocycles. The van der Waals surface area contributed by atoms with Gasteiger partial charge >= 0.3 is 6.09 Å². The van der Waals surface area contributed by atoms with Crippen molar-refractivity contribution >= 4 is 11.7 Å². The van der Waals surface area contributed by atoms with Gasteiger partial charge in [0.05, 0.1) is 12.7 Å². The van der Waals surface area contributed by atoms with Gasteiger partial charge in [-0.2, -0.15) is 0 Å². The minimum atomic E-state index is -0.175. The van der Waals surface area contributed by atoms with E-state index in [0.29, 0.717) is 5.92 Å². The molecule has 2 aliphatic rings. The number of piperidine rings is 1. The molecule has 0 saturated carbocycles. The number of nitrogens with zero attached hydrogens (tertiary/aromatic N) is 2. The average molecular weight is 401 g/mol. The molecule has 0 radical (unpaired) electrons.